The van der Waals surface area contributed by atoms with Gasteiger partial charge in [-0.1, -0.05) is 18.2 Å². The van der Waals surface area contributed by atoms with E-state index < -0.39 is 10.1 Å². The van der Waals surface area contributed by atoms with Crippen molar-refractivity contribution in [1.82, 2.24) is 0 Å². The van der Waals surface area contributed by atoms with E-state index in [4.69, 9.17) is 5.73 Å². The Balaban J connectivity index is 0.00000128. The van der Waals surface area contributed by atoms with Gasteiger partial charge in [0, 0.05) is 5.69 Å². The molecular formula is C10H8KNO3S. The number of hydrogen-bond acceptors (Lipinski definition) is 4. The Hall–Kier alpha value is 0.0464. The van der Waals surface area contributed by atoms with E-state index in [-0.39, 0.29) is 56.3 Å². The van der Waals surface area contributed by atoms with Crippen molar-refractivity contribution in [2.45, 2.75) is 4.90 Å². The van der Waals surface area contributed by atoms with Crippen molar-refractivity contribution in [1.29, 1.82) is 0 Å². The molecule has 0 heterocycles. The van der Waals surface area contributed by atoms with Gasteiger partial charge in [0.1, 0.15) is 10.1 Å². The standard InChI is InChI=1S/C10H9NO3S.K/c11-8-4-5-9-7(6-8)2-1-3-10(9)15(12,13)14;/h1-6H,11H2,(H,12,13,14);/q;+1/p-1. The first-order chi connectivity index (χ1) is 6.98. The third-order valence-corrected chi connectivity index (χ3v) is 3.03. The van der Waals surface area contributed by atoms with Crippen LogP contribution in [0.15, 0.2) is 41.3 Å². The second-order valence-corrected chi connectivity index (χ2v) is 4.54. The molecule has 4 nitrogen and oxygen atoms in total. The Morgan fingerprint density at radius 3 is 2.44 bits per heavy atom. The van der Waals surface area contributed by atoms with Crippen molar-refractivity contribution in [2.75, 3.05) is 5.73 Å². The summed E-state index contributed by atoms with van der Waals surface area (Å²) in [6, 6.07) is 9.25. The smallest absolute Gasteiger partial charge is 0.744 e. The van der Waals surface area contributed by atoms with Crippen molar-refractivity contribution < 1.29 is 64.4 Å². The van der Waals surface area contributed by atoms with Gasteiger partial charge in [-0.2, -0.15) is 0 Å². The maximum absolute atomic E-state index is 10.9. The topological polar surface area (TPSA) is 83.2 Å². The molecule has 2 aromatic carbocycles. The molecule has 0 aliphatic carbocycles. The Bertz CT molecular complexity index is 625. The first-order valence-electron chi connectivity index (χ1n) is 4.22. The summed E-state index contributed by atoms with van der Waals surface area (Å²) in [5.74, 6) is 0. The molecule has 2 aromatic rings. The third-order valence-electron chi connectivity index (χ3n) is 2.13. The molecule has 0 amide bonds. The monoisotopic (exact) mass is 261 g/mol. The predicted octanol–water partition coefficient (Wildman–Crippen LogP) is -1.67. The normalized spacial score (nSPS) is 11.1. The largest absolute Gasteiger partial charge is 1.00 e. The molecule has 0 fully saturated rings. The van der Waals surface area contributed by atoms with Crippen LogP contribution in [0.25, 0.3) is 10.8 Å². The second kappa shape index (κ2) is 5.13. The summed E-state index contributed by atoms with van der Waals surface area (Å²) >= 11 is 0. The molecular weight excluding hydrogens is 253 g/mol. The van der Waals surface area contributed by atoms with Crippen LogP contribution in [0.1, 0.15) is 0 Å². The molecule has 0 radical (unpaired) electrons. The molecule has 2 rings (SSSR count). The minimum absolute atomic E-state index is 0. The number of fused-ring (bicyclic) bond motifs is 1. The van der Waals surface area contributed by atoms with Crippen LogP contribution >= 0.6 is 0 Å². The maximum Gasteiger partial charge on any atom is 1.00 e. The third kappa shape index (κ3) is 2.83. The number of hydrogen-bond donors (Lipinski definition) is 1. The minimum atomic E-state index is -4.43. The summed E-state index contributed by atoms with van der Waals surface area (Å²) in [6.07, 6.45) is 0. The van der Waals surface area contributed by atoms with Crippen LogP contribution in [0.5, 0.6) is 0 Å². The SMILES string of the molecule is Nc1ccc2c(S(=O)(=O)[O-])cccc2c1.[K+]. The number of nitrogen functional groups attached to an aromatic ring is 1. The van der Waals surface area contributed by atoms with E-state index in [2.05, 4.69) is 0 Å². The average Bonchev–Trinajstić information content (AvgIpc) is 2.15. The van der Waals surface area contributed by atoms with Gasteiger partial charge < -0.3 is 10.3 Å². The number of anilines is 1. The van der Waals surface area contributed by atoms with Crippen LogP contribution in [-0.4, -0.2) is 13.0 Å². The second-order valence-electron chi connectivity index (χ2n) is 3.19. The van der Waals surface area contributed by atoms with Crippen molar-refractivity contribution in [3.8, 4) is 0 Å². The Kier molecular flexibility index (Phi) is 4.53. The van der Waals surface area contributed by atoms with E-state index >= 15 is 0 Å². The fraction of sp³-hybridized carbons (Fsp3) is 0. The average molecular weight is 261 g/mol. The molecule has 0 spiro atoms. The molecule has 0 saturated heterocycles. The Morgan fingerprint density at radius 1 is 1.12 bits per heavy atom. The Morgan fingerprint density at radius 2 is 1.81 bits per heavy atom. The fourth-order valence-electron chi connectivity index (χ4n) is 1.49. The molecule has 0 aromatic heterocycles. The van der Waals surface area contributed by atoms with E-state index in [9.17, 15) is 13.0 Å². The molecule has 2 N–H and O–H groups in total. The molecule has 0 saturated carbocycles. The minimum Gasteiger partial charge on any atom is -0.744 e. The van der Waals surface area contributed by atoms with Crippen LogP contribution in [0.2, 0.25) is 0 Å². The summed E-state index contributed by atoms with van der Waals surface area (Å²) < 4.78 is 32.8. The van der Waals surface area contributed by atoms with Crippen molar-refractivity contribution in [2.24, 2.45) is 0 Å². The molecule has 6 heteroatoms. The van der Waals surface area contributed by atoms with Gasteiger partial charge in [0.25, 0.3) is 0 Å². The van der Waals surface area contributed by atoms with Gasteiger partial charge in [-0.05, 0) is 29.0 Å². The van der Waals surface area contributed by atoms with Crippen molar-refractivity contribution >= 4 is 26.6 Å². The first-order valence-corrected chi connectivity index (χ1v) is 5.63. The molecule has 0 bridgehead atoms. The van der Waals surface area contributed by atoms with Gasteiger partial charge in [-0.25, -0.2) is 8.42 Å². The van der Waals surface area contributed by atoms with Crippen LogP contribution in [0, 0.1) is 0 Å². The van der Waals surface area contributed by atoms with E-state index in [1.165, 1.54) is 18.2 Å². The van der Waals surface area contributed by atoms with E-state index in [1.54, 1.807) is 18.2 Å². The molecule has 0 atom stereocenters. The van der Waals surface area contributed by atoms with Gasteiger partial charge in [-0.15, -0.1) is 0 Å². The van der Waals surface area contributed by atoms with Gasteiger partial charge in [0.05, 0.1) is 4.90 Å². The maximum atomic E-state index is 10.9. The Labute approximate surface area is 136 Å². The zero-order chi connectivity index (χ0) is 11.1. The summed E-state index contributed by atoms with van der Waals surface area (Å²) in [5, 5.41) is 1.05. The summed E-state index contributed by atoms with van der Waals surface area (Å²) in [7, 11) is -4.43. The number of rotatable bonds is 1. The van der Waals surface area contributed by atoms with Gasteiger partial charge >= 0.3 is 51.4 Å². The zero-order valence-corrected chi connectivity index (χ0v) is 12.6. The van der Waals surface area contributed by atoms with Gasteiger partial charge in [0.2, 0.25) is 0 Å². The fourth-order valence-corrected chi connectivity index (χ4v) is 2.19. The summed E-state index contributed by atoms with van der Waals surface area (Å²) in [4.78, 5) is -0.208. The van der Waals surface area contributed by atoms with Crippen molar-refractivity contribution in [3.63, 3.8) is 0 Å². The van der Waals surface area contributed by atoms with Crippen LogP contribution in [0.4, 0.5) is 5.69 Å². The molecule has 0 aliphatic rings. The zero-order valence-electron chi connectivity index (χ0n) is 8.67. The first kappa shape index (κ1) is 14.1. The molecule has 0 aliphatic heterocycles. The van der Waals surface area contributed by atoms with Crippen LogP contribution in [0.3, 0.4) is 0 Å². The number of benzene rings is 2. The van der Waals surface area contributed by atoms with Gasteiger partial charge in [-0.3, -0.25) is 0 Å². The summed E-state index contributed by atoms with van der Waals surface area (Å²) in [6.45, 7) is 0. The molecule has 0 unspecified atom stereocenters. The number of nitrogens with two attached hydrogens (primary N) is 1. The van der Waals surface area contributed by atoms with E-state index in [1.807, 2.05) is 0 Å². The van der Waals surface area contributed by atoms with Crippen LogP contribution < -0.4 is 57.1 Å². The summed E-state index contributed by atoms with van der Waals surface area (Å²) in [5.41, 5.74) is 6.09. The predicted molar refractivity (Wildman–Crippen MR) is 56.3 cm³/mol. The quantitative estimate of drug-likeness (QED) is 0.378. The van der Waals surface area contributed by atoms with Crippen molar-refractivity contribution in [3.05, 3.63) is 36.4 Å². The van der Waals surface area contributed by atoms with Gasteiger partial charge in [0.15, 0.2) is 0 Å². The molecule has 16 heavy (non-hydrogen) atoms. The van der Waals surface area contributed by atoms with Crippen LogP contribution in [-0.2, 0) is 10.1 Å². The van der Waals surface area contributed by atoms with E-state index in [0.29, 0.717) is 16.5 Å². The van der Waals surface area contributed by atoms with E-state index in [0.717, 1.165) is 0 Å². The molecule has 78 valence electrons.